The largest absolute Gasteiger partial charge is 0.497 e. The normalized spacial score (nSPS) is 17.8. The average molecular weight is 329 g/mol. The summed E-state index contributed by atoms with van der Waals surface area (Å²) in [6.07, 6.45) is 0.725. The second kappa shape index (κ2) is 7.09. The summed E-state index contributed by atoms with van der Waals surface area (Å²) in [6.45, 7) is 5.45. The monoisotopic (exact) mass is 329 g/mol. The van der Waals surface area contributed by atoms with Crippen molar-refractivity contribution in [3.8, 4) is 5.75 Å². The smallest absolute Gasteiger partial charge is 0.290 e. The molecule has 1 atom stereocenters. The second-order valence-corrected chi connectivity index (χ2v) is 6.17. The van der Waals surface area contributed by atoms with Crippen LogP contribution in [0, 0.1) is 13.8 Å². The van der Waals surface area contributed by atoms with Crippen LogP contribution in [0.1, 0.15) is 27.4 Å². The van der Waals surface area contributed by atoms with Gasteiger partial charge in [0.15, 0.2) is 5.76 Å². The Balaban J connectivity index is 1.67. The summed E-state index contributed by atoms with van der Waals surface area (Å²) in [5.74, 6) is 1.98. The van der Waals surface area contributed by atoms with Gasteiger partial charge in [-0.3, -0.25) is 4.79 Å². The molecule has 1 aromatic carbocycles. The number of hydrogen-bond donors (Lipinski definition) is 0. The van der Waals surface area contributed by atoms with E-state index in [1.807, 2.05) is 49.1 Å². The Morgan fingerprint density at radius 1 is 1.33 bits per heavy atom. The highest BCUT2D eigenvalue weighted by molar-refractivity contribution is 5.93. The Morgan fingerprint density at radius 2 is 2.17 bits per heavy atom. The summed E-state index contributed by atoms with van der Waals surface area (Å²) < 4.78 is 16.7. The lowest BCUT2D eigenvalue weighted by atomic mass is 10.1. The summed E-state index contributed by atoms with van der Waals surface area (Å²) in [4.78, 5) is 14.5. The fraction of sp³-hybridized carbons (Fsp3) is 0.421. The highest BCUT2D eigenvalue weighted by Gasteiger charge is 2.28. The van der Waals surface area contributed by atoms with E-state index in [4.69, 9.17) is 13.9 Å². The topological polar surface area (TPSA) is 51.9 Å². The molecule has 0 radical (unpaired) electrons. The maximum absolute atomic E-state index is 12.7. The van der Waals surface area contributed by atoms with Gasteiger partial charge in [0, 0.05) is 25.1 Å². The lowest BCUT2D eigenvalue weighted by Gasteiger charge is -2.32. The molecule has 0 saturated carbocycles. The van der Waals surface area contributed by atoms with Gasteiger partial charge in [-0.25, -0.2) is 0 Å². The first-order valence-corrected chi connectivity index (χ1v) is 8.17. The van der Waals surface area contributed by atoms with Crippen LogP contribution in [0.3, 0.4) is 0 Å². The molecular weight excluding hydrogens is 306 g/mol. The summed E-state index contributed by atoms with van der Waals surface area (Å²) in [5.41, 5.74) is 2.02. The van der Waals surface area contributed by atoms with Crippen LogP contribution in [0.4, 0.5) is 0 Å². The number of methoxy groups -OCH3 is 1. The van der Waals surface area contributed by atoms with E-state index in [1.165, 1.54) is 0 Å². The predicted molar refractivity (Wildman–Crippen MR) is 90.5 cm³/mol. The van der Waals surface area contributed by atoms with E-state index in [2.05, 4.69) is 0 Å². The van der Waals surface area contributed by atoms with Gasteiger partial charge < -0.3 is 18.8 Å². The Kier molecular flexibility index (Phi) is 4.90. The van der Waals surface area contributed by atoms with E-state index in [1.54, 1.807) is 7.11 Å². The summed E-state index contributed by atoms with van der Waals surface area (Å²) in [6, 6.07) is 9.83. The molecule has 1 saturated heterocycles. The number of ether oxygens (including phenoxy) is 2. The van der Waals surface area contributed by atoms with E-state index < -0.39 is 0 Å². The minimum absolute atomic E-state index is 0.0221. The lowest BCUT2D eigenvalue weighted by Crippen LogP contribution is -2.46. The first-order chi connectivity index (χ1) is 11.6. The van der Waals surface area contributed by atoms with E-state index in [0.717, 1.165) is 29.1 Å². The van der Waals surface area contributed by atoms with Crippen molar-refractivity contribution in [3.63, 3.8) is 0 Å². The first-order valence-electron chi connectivity index (χ1n) is 8.17. The third kappa shape index (κ3) is 3.62. The van der Waals surface area contributed by atoms with Crippen molar-refractivity contribution in [2.24, 2.45) is 0 Å². The number of aryl methyl sites for hydroxylation is 2. The number of amides is 1. The van der Waals surface area contributed by atoms with Gasteiger partial charge in [0.05, 0.1) is 19.8 Å². The number of carbonyl (C=O) groups is 1. The van der Waals surface area contributed by atoms with Crippen LogP contribution in [0.5, 0.6) is 5.75 Å². The molecule has 3 rings (SSSR count). The van der Waals surface area contributed by atoms with Gasteiger partial charge in [0.2, 0.25) is 0 Å². The molecule has 0 spiro atoms. The van der Waals surface area contributed by atoms with Gasteiger partial charge in [-0.2, -0.15) is 0 Å². The first kappa shape index (κ1) is 16.6. The Bertz CT molecular complexity index is 722. The Labute approximate surface area is 142 Å². The van der Waals surface area contributed by atoms with Crippen molar-refractivity contribution < 1.29 is 18.7 Å². The van der Waals surface area contributed by atoms with Gasteiger partial charge in [-0.05, 0) is 37.6 Å². The summed E-state index contributed by atoms with van der Waals surface area (Å²) in [5, 5.41) is 0. The molecule has 24 heavy (non-hydrogen) atoms. The van der Waals surface area contributed by atoms with Crippen molar-refractivity contribution in [1.29, 1.82) is 0 Å². The average Bonchev–Trinajstić information content (AvgIpc) is 2.93. The highest BCUT2D eigenvalue weighted by atomic mass is 16.5. The van der Waals surface area contributed by atoms with Crippen LogP contribution >= 0.6 is 0 Å². The standard InChI is InChI=1S/C19H23NO4/c1-13-9-14(2)24-18(13)19(21)20-7-8-23-17(12-20)11-15-5-4-6-16(10-15)22-3/h4-6,9-10,17H,7-8,11-12H2,1-3H3. The van der Waals surface area contributed by atoms with Gasteiger partial charge in [0.1, 0.15) is 11.5 Å². The predicted octanol–water partition coefficient (Wildman–Crippen LogP) is 2.99. The SMILES string of the molecule is COc1cccc(CC2CN(C(=O)c3oc(C)cc3C)CCO2)c1. The molecule has 1 aromatic heterocycles. The van der Waals surface area contributed by atoms with Crippen molar-refractivity contribution in [2.45, 2.75) is 26.4 Å². The van der Waals surface area contributed by atoms with E-state index in [9.17, 15) is 4.79 Å². The van der Waals surface area contributed by atoms with Crippen molar-refractivity contribution in [3.05, 3.63) is 53.0 Å². The number of benzene rings is 1. The number of hydrogen-bond acceptors (Lipinski definition) is 4. The molecule has 1 fully saturated rings. The van der Waals surface area contributed by atoms with Crippen LogP contribution in [0.25, 0.3) is 0 Å². The molecule has 5 nitrogen and oxygen atoms in total. The second-order valence-electron chi connectivity index (χ2n) is 6.17. The molecule has 128 valence electrons. The van der Waals surface area contributed by atoms with Crippen molar-refractivity contribution in [1.82, 2.24) is 4.90 Å². The van der Waals surface area contributed by atoms with Crippen molar-refractivity contribution in [2.75, 3.05) is 26.8 Å². The molecule has 0 bridgehead atoms. The summed E-state index contributed by atoms with van der Waals surface area (Å²) >= 11 is 0. The zero-order valence-corrected chi connectivity index (χ0v) is 14.4. The minimum Gasteiger partial charge on any atom is -0.497 e. The number of rotatable bonds is 4. The Hall–Kier alpha value is -2.27. The van der Waals surface area contributed by atoms with Gasteiger partial charge >= 0.3 is 0 Å². The zero-order valence-electron chi connectivity index (χ0n) is 14.4. The molecule has 1 aliphatic rings. The number of nitrogens with zero attached hydrogens (tertiary/aromatic N) is 1. The third-order valence-corrected chi connectivity index (χ3v) is 4.26. The van der Waals surface area contributed by atoms with Crippen LogP contribution in [0.15, 0.2) is 34.7 Å². The fourth-order valence-corrected chi connectivity index (χ4v) is 3.09. The number of furan rings is 1. The van der Waals surface area contributed by atoms with Gasteiger partial charge in [-0.1, -0.05) is 12.1 Å². The maximum Gasteiger partial charge on any atom is 0.290 e. The van der Waals surface area contributed by atoms with E-state index in [0.29, 0.717) is 25.5 Å². The van der Waals surface area contributed by atoms with Crippen LogP contribution in [0.2, 0.25) is 0 Å². The number of carbonyl (C=O) groups excluding carboxylic acids is 1. The van der Waals surface area contributed by atoms with Gasteiger partial charge in [0.25, 0.3) is 5.91 Å². The molecule has 1 unspecified atom stereocenters. The van der Waals surface area contributed by atoms with Crippen LogP contribution in [-0.2, 0) is 11.2 Å². The molecule has 2 aromatic rings. The summed E-state index contributed by atoms with van der Waals surface area (Å²) in [7, 11) is 1.66. The van der Waals surface area contributed by atoms with Crippen molar-refractivity contribution >= 4 is 5.91 Å². The molecule has 2 heterocycles. The number of morpholine rings is 1. The molecule has 1 aliphatic heterocycles. The van der Waals surface area contributed by atoms with Gasteiger partial charge in [-0.15, -0.1) is 0 Å². The molecule has 1 amide bonds. The molecule has 5 heteroatoms. The van der Waals surface area contributed by atoms with E-state index in [-0.39, 0.29) is 12.0 Å². The maximum atomic E-state index is 12.7. The van der Waals surface area contributed by atoms with E-state index >= 15 is 0 Å². The molecular formula is C19H23NO4. The zero-order chi connectivity index (χ0) is 17.1. The fourth-order valence-electron chi connectivity index (χ4n) is 3.09. The Morgan fingerprint density at radius 3 is 2.88 bits per heavy atom. The minimum atomic E-state index is -0.0560. The van der Waals surface area contributed by atoms with Crippen LogP contribution in [-0.4, -0.2) is 43.7 Å². The molecule has 0 aliphatic carbocycles. The lowest BCUT2D eigenvalue weighted by molar-refractivity contribution is -0.0218. The van der Waals surface area contributed by atoms with Crippen LogP contribution < -0.4 is 4.74 Å². The highest BCUT2D eigenvalue weighted by Crippen LogP contribution is 2.20. The molecule has 0 N–H and O–H groups in total. The quantitative estimate of drug-likeness (QED) is 0.865. The third-order valence-electron chi connectivity index (χ3n) is 4.26.